The van der Waals surface area contributed by atoms with Crippen LogP contribution in [-0.4, -0.2) is 34.3 Å². The number of ether oxygens (including phenoxy) is 2. The van der Waals surface area contributed by atoms with E-state index >= 15 is 0 Å². The molecule has 0 aromatic heterocycles. The average Bonchev–Trinajstić information content (AvgIpc) is 2.59. The van der Waals surface area contributed by atoms with Crippen molar-refractivity contribution >= 4 is 10.0 Å². The highest BCUT2D eigenvalue weighted by Crippen LogP contribution is 2.29. The molecule has 2 aromatic rings. The van der Waals surface area contributed by atoms with Gasteiger partial charge in [0, 0.05) is 6.54 Å². The predicted octanol–water partition coefficient (Wildman–Crippen LogP) is 2.02. The zero-order chi connectivity index (χ0) is 17.7. The summed E-state index contributed by atoms with van der Waals surface area (Å²) in [6, 6.07) is 11.4. The second-order valence-corrected chi connectivity index (χ2v) is 7.06. The van der Waals surface area contributed by atoms with E-state index in [1.54, 1.807) is 30.3 Å². The minimum atomic E-state index is -3.67. The summed E-state index contributed by atoms with van der Waals surface area (Å²) in [7, 11) is -0.663. The molecule has 0 radical (unpaired) electrons. The van der Waals surface area contributed by atoms with Gasteiger partial charge in [-0.25, -0.2) is 13.1 Å². The molecule has 130 valence electrons. The lowest BCUT2D eigenvalue weighted by molar-refractivity contribution is 0.181. The number of aliphatic hydroxyl groups excluding tert-OH is 1. The summed E-state index contributed by atoms with van der Waals surface area (Å²) >= 11 is 0. The molecular formula is C17H21NO5S. The number of rotatable bonds is 7. The van der Waals surface area contributed by atoms with E-state index in [9.17, 15) is 13.5 Å². The van der Waals surface area contributed by atoms with E-state index in [1.165, 1.54) is 26.4 Å². The molecule has 2 aromatic carbocycles. The molecular weight excluding hydrogens is 330 g/mol. The van der Waals surface area contributed by atoms with Gasteiger partial charge in [0.15, 0.2) is 11.5 Å². The van der Waals surface area contributed by atoms with Crippen LogP contribution in [0.25, 0.3) is 0 Å². The quantitative estimate of drug-likeness (QED) is 0.797. The zero-order valence-electron chi connectivity index (χ0n) is 13.8. The van der Waals surface area contributed by atoms with Crippen LogP contribution in [0, 0.1) is 6.92 Å². The molecule has 0 saturated carbocycles. The molecule has 0 aliphatic rings. The normalized spacial score (nSPS) is 12.7. The van der Waals surface area contributed by atoms with E-state index in [1.807, 2.05) is 6.92 Å². The molecule has 0 aliphatic carbocycles. The first-order valence-corrected chi connectivity index (χ1v) is 8.82. The maximum atomic E-state index is 12.2. The highest BCUT2D eigenvalue weighted by molar-refractivity contribution is 7.89. The van der Waals surface area contributed by atoms with E-state index in [-0.39, 0.29) is 11.4 Å². The van der Waals surface area contributed by atoms with Gasteiger partial charge in [-0.1, -0.05) is 23.8 Å². The summed E-state index contributed by atoms with van der Waals surface area (Å²) in [4.78, 5) is 0.160. The molecule has 0 saturated heterocycles. The molecule has 1 atom stereocenters. The zero-order valence-corrected chi connectivity index (χ0v) is 14.6. The summed E-state index contributed by atoms with van der Waals surface area (Å²) in [5.74, 6) is 1.00. The van der Waals surface area contributed by atoms with Gasteiger partial charge in [0.25, 0.3) is 0 Å². The van der Waals surface area contributed by atoms with Crippen LogP contribution < -0.4 is 14.2 Å². The molecule has 1 unspecified atom stereocenters. The van der Waals surface area contributed by atoms with Gasteiger partial charge in [0.05, 0.1) is 25.2 Å². The maximum absolute atomic E-state index is 12.2. The lowest BCUT2D eigenvalue weighted by Gasteiger charge is -2.15. The van der Waals surface area contributed by atoms with Crippen molar-refractivity contribution in [2.24, 2.45) is 0 Å². The lowest BCUT2D eigenvalue weighted by atomic mass is 10.1. The third-order valence-electron chi connectivity index (χ3n) is 3.59. The lowest BCUT2D eigenvalue weighted by Crippen LogP contribution is -2.28. The number of benzene rings is 2. The maximum Gasteiger partial charge on any atom is 0.240 e. The van der Waals surface area contributed by atoms with Gasteiger partial charge >= 0.3 is 0 Å². The van der Waals surface area contributed by atoms with Crippen LogP contribution in [0.3, 0.4) is 0 Å². The van der Waals surface area contributed by atoms with E-state index in [0.29, 0.717) is 17.1 Å². The summed E-state index contributed by atoms with van der Waals surface area (Å²) in [5, 5.41) is 10.2. The second kappa shape index (κ2) is 7.65. The van der Waals surface area contributed by atoms with Gasteiger partial charge in [-0.3, -0.25) is 0 Å². The molecule has 6 nitrogen and oxygen atoms in total. The molecule has 2 N–H and O–H groups in total. The number of sulfonamides is 1. The third-order valence-corrected chi connectivity index (χ3v) is 5.03. The van der Waals surface area contributed by atoms with Crippen molar-refractivity contribution in [3.8, 4) is 11.5 Å². The van der Waals surface area contributed by atoms with Crippen LogP contribution in [0.5, 0.6) is 11.5 Å². The Kier molecular flexibility index (Phi) is 5.82. The molecule has 7 heteroatoms. The Morgan fingerprint density at radius 1 is 1.04 bits per heavy atom. The van der Waals surface area contributed by atoms with Gasteiger partial charge in [-0.15, -0.1) is 0 Å². The predicted molar refractivity (Wildman–Crippen MR) is 90.9 cm³/mol. The van der Waals surface area contributed by atoms with E-state index in [0.717, 1.165) is 5.56 Å². The Labute approximate surface area is 142 Å². The first-order chi connectivity index (χ1) is 11.4. The van der Waals surface area contributed by atoms with Crippen LogP contribution in [0.4, 0.5) is 0 Å². The van der Waals surface area contributed by atoms with Crippen LogP contribution in [0.1, 0.15) is 17.2 Å². The topological polar surface area (TPSA) is 84.9 Å². The first kappa shape index (κ1) is 18.3. The molecule has 0 fully saturated rings. The number of hydrogen-bond donors (Lipinski definition) is 2. The molecule has 24 heavy (non-hydrogen) atoms. The van der Waals surface area contributed by atoms with Gasteiger partial charge in [0.2, 0.25) is 10.0 Å². The summed E-state index contributed by atoms with van der Waals surface area (Å²) < 4.78 is 37.2. The van der Waals surface area contributed by atoms with Gasteiger partial charge in [-0.2, -0.15) is 0 Å². The highest BCUT2D eigenvalue weighted by atomic mass is 32.2. The molecule has 0 amide bonds. The average molecular weight is 351 g/mol. The Morgan fingerprint density at radius 3 is 2.25 bits per heavy atom. The third kappa shape index (κ3) is 4.25. The molecule has 0 aliphatic heterocycles. The van der Waals surface area contributed by atoms with Crippen molar-refractivity contribution < 1.29 is 23.0 Å². The van der Waals surface area contributed by atoms with E-state index < -0.39 is 16.1 Å². The minimum absolute atomic E-state index is 0.147. The smallest absolute Gasteiger partial charge is 0.240 e. The Morgan fingerprint density at radius 2 is 1.67 bits per heavy atom. The number of aliphatic hydroxyl groups is 1. The molecule has 0 spiro atoms. The van der Waals surface area contributed by atoms with Crippen molar-refractivity contribution in [1.82, 2.24) is 4.72 Å². The van der Waals surface area contributed by atoms with Crippen LogP contribution in [0.2, 0.25) is 0 Å². The monoisotopic (exact) mass is 351 g/mol. The molecule has 0 bridgehead atoms. The van der Waals surface area contributed by atoms with E-state index in [4.69, 9.17) is 9.47 Å². The first-order valence-electron chi connectivity index (χ1n) is 7.33. The van der Waals surface area contributed by atoms with Crippen molar-refractivity contribution in [3.63, 3.8) is 0 Å². The fourth-order valence-electron chi connectivity index (χ4n) is 2.17. The Hall–Kier alpha value is -2.09. The molecule has 2 rings (SSSR count). The molecule has 0 heterocycles. The minimum Gasteiger partial charge on any atom is -0.493 e. The number of aryl methyl sites for hydroxylation is 1. The van der Waals surface area contributed by atoms with Gasteiger partial charge in [0.1, 0.15) is 0 Å². The fraction of sp³-hybridized carbons (Fsp3) is 0.294. The summed E-state index contributed by atoms with van der Waals surface area (Å²) in [5.41, 5.74) is 1.50. The Balaban J connectivity index is 2.09. The summed E-state index contributed by atoms with van der Waals surface area (Å²) in [6.45, 7) is 1.73. The van der Waals surface area contributed by atoms with Crippen molar-refractivity contribution in [3.05, 3.63) is 53.6 Å². The van der Waals surface area contributed by atoms with Gasteiger partial charge < -0.3 is 14.6 Å². The number of methoxy groups -OCH3 is 2. The second-order valence-electron chi connectivity index (χ2n) is 5.30. The van der Waals surface area contributed by atoms with Crippen molar-refractivity contribution in [2.75, 3.05) is 20.8 Å². The van der Waals surface area contributed by atoms with Crippen LogP contribution in [-0.2, 0) is 10.0 Å². The number of nitrogens with one attached hydrogen (secondary N) is 1. The van der Waals surface area contributed by atoms with Gasteiger partial charge in [-0.05, 0) is 36.8 Å². The highest BCUT2D eigenvalue weighted by Gasteiger charge is 2.17. The largest absolute Gasteiger partial charge is 0.493 e. The number of hydrogen-bond acceptors (Lipinski definition) is 5. The van der Waals surface area contributed by atoms with Crippen LogP contribution >= 0.6 is 0 Å². The van der Waals surface area contributed by atoms with Crippen LogP contribution in [0.15, 0.2) is 47.4 Å². The standard InChI is InChI=1S/C17H21NO5S/c1-12-4-7-14(8-5-12)24(20,21)18-11-15(19)13-6-9-16(22-2)17(10-13)23-3/h4-10,15,18-19H,11H2,1-3H3. The fourth-order valence-corrected chi connectivity index (χ4v) is 3.21. The van der Waals surface area contributed by atoms with Crippen molar-refractivity contribution in [2.45, 2.75) is 17.9 Å². The van der Waals surface area contributed by atoms with Crippen molar-refractivity contribution in [1.29, 1.82) is 0 Å². The SMILES string of the molecule is COc1ccc(C(O)CNS(=O)(=O)c2ccc(C)cc2)cc1OC. The summed E-state index contributed by atoms with van der Waals surface area (Å²) in [6.07, 6.45) is -1.01. The van der Waals surface area contributed by atoms with E-state index in [2.05, 4.69) is 4.72 Å². The Bertz CT molecular complexity index is 787.